The van der Waals surface area contributed by atoms with Crippen LogP contribution in [0.1, 0.15) is 17.1 Å². The quantitative estimate of drug-likeness (QED) is 0.639. The van der Waals surface area contributed by atoms with Crippen LogP contribution in [0, 0.1) is 13.8 Å². The molecule has 0 atom stereocenters. The first-order chi connectivity index (χ1) is 6.00. The Hall–Kier alpha value is -1.65. The van der Waals surface area contributed by atoms with Crippen molar-refractivity contribution >= 4 is 5.91 Å². The van der Waals surface area contributed by atoms with Crippen LogP contribution < -0.4 is 11.3 Å². The van der Waals surface area contributed by atoms with Crippen molar-refractivity contribution in [1.29, 1.82) is 0 Å². The summed E-state index contributed by atoms with van der Waals surface area (Å²) in [4.78, 5) is 28.4. The molecule has 0 saturated carbocycles. The summed E-state index contributed by atoms with van der Waals surface area (Å²) in [5.74, 6) is 0.00923. The minimum atomic E-state index is -0.528. The molecule has 0 spiro atoms. The van der Waals surface area contributed by atoms with Gasteiger partial charge in [-0.1, -0.05) is 0 Å². The van der Waals surface area contributed by atoms with Gasteiger partial charge in [0, 0.05) is 11.3 Å². The average molecular weight is 181 g/mol. The second kappa shape index (κ2) is 3.38. The number of nitrogens with one attached hydrogen (secondary N) is 1. The Morgan fingerprint density at radius 2 is 2.15 bits per heavy atom. The van der Waals surface area contributed by atoms with Gasteiger partial charge in [-0.05, 0) is 13.8 Å². The van der Waals surface area contributed by atoms with Crippen molar-refractivity contribution in [3.05, 3.63) is 27.4 Å². The number of carbonyl (C=O) groups excluding carboxylic acids is 1. The van der Waals surface area contributed by atoms with E-state index < -0.39 is 5.91 Å². The monoisotopic (exact) mass is 181 g/mol. The Kier molecular flexibility index (Phi) is 2.46. The molecule has 1 heterocycles. The van der Waals surface area contributed by atoms with Crippen molar-refractivity contribution in [1.82, 2.24) is 9.97 Å². The molecule has 1 aromatic rings. The maximum absolute atomic E-state index is 11.3. The lowest BCUT2D eigenvalue weighted by molar-refractivity contribution is -0.117. The summed E-state index contributed by atoms with van der Waals surface area (Å²) in [6, 6.07) is 0. The van der Waals surface area contributed by atoms with Crippen LogP contribution in [0.2, 0.25) is 0 Å². The van der Waals surface area contributed by atoms with Crippen LogP contribution in [0.5, 0.6) is 0 Å². The molecule has 3 N–H and O–H groups in total. The molecule has 0 aliphatic heterocycles. The smallest absolute Gasteiger partial charge is 0.254 e. The zero-order valence-electron chi connectivity index (χ0n) is 7.55. The molecule has 0 radical (unpaired) electrons. The second-order valence-corrected chi connectivity index (χ2v) is 2.86. The van der Waals surface area contributed by atoms with Gasteiger partial charge < -0.3 is 10.7 Å². The highest BCUT2D eigenvalue weighted by Crippen LogP contribution is 1.98. The molecule has 0 bridgehead atoms. The van der Waals surface area contributed by atoms with Gasteiger partial charge >= 0.3 is 0 Å². The predicted octanol–water partition coefficient (Wildman–Crippen LogP) is -0.585. The van der Waals surface area contributed by atoms with Crippen LogP contribution in [0.25, 0.3) is 0 Å². The molecule has 0 aliphatic carbocycles. The second-order valence-electron chi connectivity index (χ2n) is 2.86. The fourth-order valence-electron chi connectivity index (χ4n) is 1.13. The number of primary amides is 1. The number of hydrogen-bond acceptors (Lipinski definition) is 3. The third-order valence-electron chi connectivity index (χ3n) is 1.69. The number of nitrogens with zero attached hydrogens (tertiary/aromatic N) is 1. The highest BCUT2D eigenvalue weighted by molar-refractivity contribution is 5.76. The van der Waals surface area contributed by atoms with Crippen molar-refractivity contribution in [3.8, 4) is 0 Å². The Morgan fingerprint density at radius 1 is 1.54 bits per heavy atom. The fourth-order valence-corrected chi connectivity index (χ4v) is 1.13. The van der Waals surface area contributed by atoms with E-state index in [1.165, 1.54) is 0 Å². The van der Waals surface area contributed by atoms with Gasteiger partial charge in [0.1, 0.15) is 5.82 Å². The van der Waals surface area contributed by atoms with Crippen LogP contribution in [0.4, 0.5) is 0 Å². The van der Waals surface area contributed by atoms with Crippen molar-refractivity contribution in [2.24, 2.45) is 5.73 Å². The van der Waals surface area contributed by atoms with Crippen molar-refractivity contribution in [2.75, 3.05) is 0 Å². The zero-order valence-corrected chi connectivity index (χ0v) is 7.55. The lowest BCUT2D eigenvalue weighted by atomic mass is 10.1. The van der Waals surface area contributed by atoms with Crippen LogP contribution >= 0.6 is 0 Å². The normalized spacial score (nSPS) is 10.0. The van der Waals surface area contributed by atoms with E-state index in [9.17, 15) is 9.59 Å². The lowest BCUT2D eigenvalue weighted by Gasteiger charge is -2.01. The van der Waals surface area contributed by atoms with E-state index in [1.54, 1.807) is 13.8 Å². The molecule has 13 heavy (non-hydrogen) atoms. The SMILES string of the molecule is Cc1nc(C)c(CC(N)=O)c(=O)[nH]1. The zero-order chi connectivity index (χ0) is 10.0. The van der Waals surface area contributed by atoms with E-state index in [4.69, 9.17) is 5.73 Å². The number of amides is 1. The molecular weight excluding hydrogens is 170 g/mol. The number of H-pyrrole nitrogens is 1. The van der Waals surface area contributed by atoms with Crippen molar-refractivity contribution < 1.29 is 4.79 Å². The topological polar surface area (TPSA) is 88.8 Å². The molecular formula is C8H11N3O2. The number of carbonyl (C=O) groups is 1. The number of aryl methyl sites for hydroxylation is 2. The molecule has 1 rings (SSSR count). The van der Waals surface area contributed by atoms with E-state index in [0.717, 1.165) is 0 Å². The fraction of sp³-hybridized carbons (Fsp3) is 0.375. The maximum Gasteiger partial charge on any atom is 0.254 e. The summed E-state index contributed by atoms with van der Waals surface area (Å²) >= 11 is 0. The largest absolute Gasteiger partial charge is 0.369 e. The number of aromatic amines is 1. The molecule has 5 nitrogen and oxygen atoms in total. The van der Waals surface area contributed by atoms with Gasteiger partial charge in [0.25, 0.3) is 5.56 Å². The molecule has 1 aromatic heterocycles. The van der Waals surface area contributed by atoms with Gasteiger partial charge in [-0.15, -0.1) is 0 Å². The molecule has 0 unspecified atom stereocenters. The van der Waals surface area contributed by atoms with Gasteiger partial charge in [-0.25, -0.2) is 4.98 Å². The minimum absolute atomic E-state index is 0.0611. The molecule has 1 amide bonds. The summed E-state index contributed by atoms with van der Waals surface area (Å²) < 4.78 is 0. The average Bonchev–Trinajstić information content (AvgIpc) is 1.96. The Labute approximate surface area is 75.0 Å². The van der Waals surface area contributed by atoms with E-state index in [2.05, 4.69) is 9.97 Å². The van der Waals surface area contributed by atoms with Crippen LogP contribution in [-0.2, 0) is 11.2 Å². The summed E-state index contributed by atoms with van der Waals surface area (Å²) in [6.07, 6.45) is -0.0611. The van der Waals surface area contributed by atoms with Gasteiger partial charge in [-0.3, -0.25) is 9.59 Å². The Morgan fingerprint density at radius 3 is 2.62 bits per heavy atom. The third kappa shape index (κ3) is 2.14. The first-order valence-corrected chi connectivity index (χ1v) is 3.85. The highest BCUT2D eigenvalue weighted by atomic mass is 16.1. The highest BCUT2D eigenvalue weighted by Gasteiger charge is 2.08. The van der Waals surface area contributed by atoms with Gasteiger partial charge in [0.2, 0.25) is 5.91 Å². The predicted molar refractivity (Wildman–Crippen MR) is 47.2 cm³/mol. The Balaban J connectivity index is 3.21. The third-order valence-corrected chi connectivity index (χ3v) is 1.69. The van der Waals surface area contributed by atoms with E-state index in [1.807, 2.05) is 0 Å². The van der Waals surface area contributed by atoms with E-state index in [0.29, 0.717) is 17.1 Å². The standard InChI is InChI=1S/C8H11N3O2/c1-4-6(3-7(9)12)8(13)11-5(2)10-4/h3H2,1-2H3,(H2,9,12)(H,10,11,13). The summed E-state index contributed by atoms with van der Waals surface area (Å²) in [5.41, 5.74) is 5.59. The van der Waals surface area contributed by atoms with Crippen LogP contribution in [-0.4, -0.2) is 15.9 Å². The van der Waals surface area contributed by atoms with Crippen LogP contribution in [0.3, 0.4) is 0 Å². The summed E-state index contributed by atoms with van der Waals surface area (Å²) in [5, 5.41) is 0. The summed E-state index contributed by atoms with van der Waals surface area (Å²) in [6.45, 7) is 3.36. The molecule has 70 valence electrons. The van der Waals surface area contributed by atoms with Gasteiger partial charge in [0.15, 0.2) is 0 Å². The first kappa shape index (κ1) is 9.44. The van der Waals surface area contributed by atoms with E-state index >= 15 is 0 Å². The first-order valence-electron chi connectivity index (χ1n) is 3.85. The van der Waals surface area contributed by atoms with Gasteiger partial charge in [-0.2, -0.15) is 0 Å². The number of hydrogen-bond donors (Lipinski definition) is 2. The summed E-state index contributed by atoms with van der Waals surface area (Å²) in [7, 11) is 0. The van der Waals surface area contributed by atoms with Gasteiger partial charge in [0.05, 0.1) is 6.42 Å². The molecule has 5 heteroatoms. The molecule has 0 fully saturated rings. The molecule has 0 aliphatic rings. The lowest BCUT2D eigenvalue weighted by Crippen LogP contribution is -2.24. The number of rotatable bonds is 2. The Bertz CT molecular complexity index is 395. The molecule has 0 saturated heterocycles. The van der Waals surface area contributed by atoms with Crippen molar-refractivity contribution in [3.63, 3.8) is 0 Å². The minimum Gasteiger partial charge on any atom is -0.369 e. The maximum atomic E-state index is 11.3. The van der Waals surface area contributed by atoms with Crippen LogP contribution in [0.15, 0.2) is 4.79 Å². The number of nitrogens with two attached hydrogens (primary N) is 1. The molecule has 0 aromatic carbocycles. The number of aromatic nitrogens is 2. The van der Waals surface area contributed by atoms with E-state index in [-0.39, 0.29) is 12.0 Å². The van der Waals surface area contributed by atoms with Crippen molar-refractivity contribution in [2.45, 2.75) is 20.3 Å².